The smallest absolute Gasteiger partial charge is 0.232 e. The van der Waals surface area contributed by atoms with E-state index in [1.165, 1.54) is 10.6 Å². The normalized spacial score (nSPS) is 11.4. The van der Waals surface area contributed by atoms with Crippen LogP contribution in [0.1, 0.15) is 44.2 Å². The number of sulfonamides is 1. The first-order valence-electron chi connectivity index (χ1n) is 8.54. The monoisotopic (exact) mass is 354 g/mol. The van der Waals surface area contributed by atoms with E-state index in [2.05, 4.69) is 0 Å². The van der Waals surface area contributed by atoms with Gasteiger partial charge in [0.15, 0.2) is 0 Å². The molecule has 1 rings (SSSR count). The van der Waals surface area contributed by atoms with Crippen LogP contribution in [0.2, 0.25) is 0 Å². The maximum absolute atomic E-state index is 12.5. The molecule has 24 heavy (non-hydrogen) atoms. The van der Waals surface area contributed by atoms with Crippen LogP contribution in [0.3, 0.4) is 0 Å². The summed E-state index contributed by atoms with van der Waals surface area (Å²) in [6.07, 6.45) is 3.19. The molecule has 1 aromatic carbocycles. The SMILES string of the molecule is CCCN(CCC)C(=O)CCN(c1c(C)cccc1C)S(C)(=O)=O. The Morgan fingerprint density at radius 2 is 1.50 bits per heavy atom. The summed E-state index contributed by atoms with van der Waals surface area (Å²) in [4.78, 5) is 14.3. The first-order valence-corrected chi connectivity index (χ1v) is 10.4. The molecule has 0 saturated heterocycles. The number of amides is 1. The standard InChI is InChI=1S/C18H30N2O3S/c1-6-12-19(13-7-2)17(21)11-14-20(24(5,22)23)18-15(3)9-8-10-16(18)4/h8-10H,6-7,11-14H2,1-5H3. The fraction of sp³-hybridized carbons (Fsp3) is 0.611. The van der Waals surface area contributed by atoms with Crippen molar-refractivity contribution in [1.29, 1.82) is 0 Å². The molecule has 1 aromatic rings. The quantitative estimate of drug-likeness (QED) is 0.685. The Morgan fingerprint density at radius 1 is 1.00 bits per heavy atom. The lowest BCUT2D eigenvalue weighted by molar-refractivity contribution is -0.131. The average molecular weight is 355 g/mol. The van der Waals surface area contributed by atoms with Crippen molar-refractivity contribution in [1.82, 2.24) is 4.90 Å². The number of para-hydroxylation sites is 1. The summed E-state index contributed by atoms with van der Waals surface area (Å²) in [7, 11) is -3.45. The Labute approximate surface area is 146 Å². The molecule has 0 radical (unpaired) electrons. The number of rotatable bonds is 9. The van der Waals surface area contributed by atoms with E-state index in [0.29, 0.717) is 5.69 Å². The van der Waals surface area contributed by atoms with E-state index in [1.54, 1.807) is 0 Å². The molecular formula is C18H30N2O3S. The van der Waals surface area contributed by atoms with Gasteiger partial charge in [-0.15, -0.1) is 0 Å². The van der Waals surface area contributed by atoms with E-state index in [1.807, 2.05) is 50.8 Å². The summed E-state index contributed by atoms with van der Waals surface area (Å²) >= 11 is 0. The van der Waals surface area contributed by atoms with E-state index in [0.717, 1.165) is 37.1 Å². The first kappa shape index (κ1) is 20.5. The summed E-state index contributed by atoms with van der Waals surface area (Å²) in [5.74, 6) is 0.0126. The molecule has 0 spiro atoms. The summed E-state index contributed by atoms with van der Waals surface area (Å²) < 4.78 is 25.9. The van der Waals surface area contributed by atoms with Crippen LogP contribution in [-0.4, -0.2) is 45.1 Å². The molecule has 0 atom stereocenters. The molecule has 136 valence electrons. The highest BCUT2D eigenvalue weighted by Gasteiger charge is 2.23. The van der Waals surface area contributed by atoms with Gasteiger partial charge < -0.3 is 4.90 Å². The third kappa shape index (κ3) is 5.51. The second-order valence-electron chi connectivity index (χ2n) is 6.21. The van der Waals surface area contributed by atoms with E-state index in [9.17, 15) is 13.2 Å². The fourth-order valence-electron chi connectivity index (χ4n) is 2.90. The number of hydrogen-bond donors (Lipinski definition) is 0. The second kappa shape index (κ2) is 9.06. The molecule has 0 aliphatic heterocycles. The molecule has 0 N–H and O–H groups in total. The summed E-state index contributed by atoms with van der Waals surface area (Å²) in [5, 5.41) is 0. The lowest BCUT2D eigenvalue weighted by atomic mass is 10.1. The number of aryl methyl sites for hydroxylation is 2. The predicted octanol–water partition coefficient (Wildman–Crippen LogP) is 3.11. The minimum Gasteiger partial charge on any atom is -0.343 e. The van der Waals surface area contributed by atoms with Crippen molar-refractivity contribution >= 4 is 21.6 Å². The minimum absolute atomic E-state index is 0.0126. The van der Waals surface area contributed by atoms with Crippen LogP contribution in [0, 0.1) is 13.8 Å². The van der Waals surface area contributed by atoms with Crippen LogP contribution in [0.4, 0.5) is 5.69 Å². The summed E-state index contributed by atoms with van der Waals surface area (Å²) in [6.45, 7) is 9.47. The lowest BCUT2D eigenvalue weighted by Crippen LogP contribution is -2.38. The predicted molar refractivity (Wildman–Crippen MR) is 99.9 cm³/mol. The van der Waals surface area contributed by atoms with Gasteiger partial charge in [0, 0.05) is 26.1 Å². The molecule has 0 aliphatic rings. The molecule has 0 aliphatic carbocycles. The Morgan fingerprint density at radius 3 is 1.92 bits per heavy atom. The molecule has 0 aromatic heterocycles. The molecule has 1 amide bonds. The summed E-state index contributed by atoms with van der Waals surface area (Å²) in [6, 6.07) is 5.69. The maximum Gasteiger partial charge on any atom is 0.232 e. The molecule has 0 heterocycles. The van der Waals surface area contributed by atoms with Gasteiger partial charge in [0.05, 0.1) is 11.9 Å². The maximum atomic E-state index is 12.5. The van der Waals surface area contributed by atoms with Gasteiger partial charge in [-0.1, -0.05) is 32.0 Å². The zero-order valence-corrected chi connectivity index (χ0v) is 16.3. The Hall–Kier alpha value is -1.56. The van der Waals surface area contributed by atoms with Gasteiger partial charge in [-0.25, -0.2) is 8.42 Å². The molecular weight excluding hydrogens is 324 g/mol. The van der Waals surface area contributed by atoms with E-state index >= 15 is 0 Å². The van der Waals surface area contributed by atoms with Crippen LogP contribution in [0.15, 0.2) is 18.2 Å². The van der Waals surface area contributed by atoms with Crippen molar-refractivity contribution < 1.29 is 13.2 Å². The first-order chi connectivity index (χ1) is 11.2. The lowest BCUT2D eigenvalue weighted by Gasteiger charge is -2.27. The van der Waals surface area contributed by atoms with Crippen molar-refractivity contribution in [3.05, 3.63) is 29.3 Å². The van der Waals surface area contributed by atoms with Crippen LogP contribution >= 0.6 is 0 Å². The minimum atomic E-state index is -3.45. The highest BCUT2D eigenvalue weighted by atomic mass is 32.2. The Bertz CT molecular complexity index is 630. The Kier molecular flexibility index (Phi) is 7.73. The molecule has 0 saturated carbocycles. The number of anilines is 1. The highest BCUT2D eigenvalue weighted by molar-refractivity contribution is 7.92. The molecule has 5 nitrogen and oxygen atoms in total. The highest BCUT2D eigenvalue weighted by Crippen LogP contribution is 2.27. The molecule has 0 fully saturated rings. The number of nitrogens with zero attached hydrogens (tertiary/aromatic N) is 2. The Balaban J connectivity index is 2.99. The van der Waals surface area contributed by atoms with Crippen LogP contribution < -0.4 is 4.31 Å². The van der Waals surface area contributed by atoms with E-state index < -0.39 is 10.0 Å². The zero-order valence-electron chi connectivity index (χ0n) is 15.5. The third-order valence-electron chi connectivity index (χ3n) is 3.96. The molecule has 0 bridgehead atoms. The summed E-state index contributed by atoms with van der Waals surface area (Å²) in [5.41, 5.74) is 2.48. The number of carbonyl (C=O) groups is 1. The van der Waals surface area contributed by atoms with Crippen LogP contribution in [0.25, 0.3) is 0 Å². The zero-order chi connectivity index (χ0) is 18.3. The largest absolute Gasteiger partial charge is 0.343 e. The van der Waals surface area contributed by atoms with Crippen molar-refractivity contribution in [2.45, 2.75) is 47.0 Å². The van der Waals surface area contributed by atoms with Crippen molar-refractivity contribution in [2.24, 2.45) is 0 Å². The van der Waals surface area contributed by atoms with Gasteiger partial charge in [0.1, 0.15) is 0 Å². The molecule has 6 heteroatoms. The number of hydrogen-bond acceptors (Lipinski definition) is 3. The van der Waals surface area contributed by atoms with Gasteiger partial charge in [-0.2, -0.15) is 0 Å². The van der Waals surface area contributed by atoms with Crippen molar-refractivity contribution in [2.75, 3.05) is 30.2 Å². The van der Waals surface area contributed by atoms with Crippen LogP contribution in [0.5, 0.6) is 0 Å². The van der Waals surface area contributed by atoms with Gasteiger partial charge in [-0.3, -0.25) is 9.10 Å². The molecule has 0 unspecified atom stereocenters. The van der Waals surface area contributed by atoms with E-state index in [-0.39, 0.29) is 18.9 Å². The number of benzene rings is 1. The van der Waals surface area contributed by atoms with E-state index in [4.69, 9.17) is 0 Å². The van der Waals surface area contributed by atoms with Gasteiger partial charge >= 0.3 is 0 Å². The van der Waals surface area contributed by atoms with Crippen molar-refractivity contribution in [3.63, 3.8) is 0 Å². The van der Waals surface area contributed by atoms with Gasteiger partial charge in [0.25, 0.3) is 0 Å². The van der Waals surface area contributed by atoms with Crippen molar-refractivity contribution in [3.8, 4) is 0 Å². The second-order valence-corrected chi connectivity index (χ2v) is 8.11. The topological polar surface area (TPSA) is 57.7 Å². The van der Waals surface area contributed by atoms with Gasteiger partial charge in [-0.05, 0) is 37.8 Å². The third-order valence-corrected chi connectivity index (χ3v) is 5.12. The average Bonchev–Trinajstić information content (AvgIpc) is 2.48. The fourth-order valence-corrected chi connectivity index (χ4v) is 3.94. The van der Waals surface area contributed by atoms with Crippen LogP contribution in [-0.2, 0) is 14.8 Å². The van der Waals surface area contributed by atoms with Gasteiger partial charge in [0.2, 0.25) is 15.9 Å². The number of carbonyl (C=O) groups excluding carboxylic acids is 1.